The third-order valence-corrected chi connectivity index (χ3v) is 2.11. The lowest BCUT2D eigenvalue weighted by Crippen LogP contribution is -2.12. The van der Waals surface area contributed by atoms with Gasteiger partial charge in [-0.2, -0.15) is 0 Å². The molecule has 0 bridgehead atoms. The molecule has 3 N–H and O–H groups in total. The van der Waals surface area contributed by atoms with Crippen LogP contribution in [-0.4, -0.2) is 27.3 Å². The van der Waals surface area contributed by atoms with Crippen LogP contribution in [0.25, 0.3) is 0 Å². The second kappa shape index (κ2) is 5.90. The number of hydrogen-bond acceptors (Lipinski definition) is 6. The van der Waals surface area contributed by atoms with Crippen molar-refractivity contribution in [2.45, 2.75) is 19.8 Å². The lowest BCUT2D eigenvalue weighted by molar-refractivity contribution is -0.137. The molecule has 0 fully saturated rings. The van der Waals surface area contributed by atoms with Crippen molar-refractivity contribution >= 4 is 11.9 Å². The van der Waals surface area contributed by atoms with E-state index in [9.17, 15) is 19.8 Å². The number of rotatable bonds is 4. The van der Waals surface area contributed by atoms with Crippen molar-refractivity contribution in [3.05, 3.63) is 24.1 Å². The molecule has 6 nitrogen and oxygen atoms in total. The van der Waals surface area contributed by atoms with Gasteiger partial charge in [0.25, 0.3) is 0 Å². The minimum Gasteiger partial charge on any atom is -0.504 e. The van der Waals surface area contributed by atoms with Crippen molar-refractivity contribution in [2.24, 2.45) is 0 Å². The highest BCUT2D eigenvalue weighted by atomic mass is 16.6. The Morgan fingerprint density at radius 2 is 1.78 bits per heavy atom. The van der Waals surface area contributed by atoms with E-state index in [4.69, 9.17) is 5.11 Å². The maximum atomic E-state index is 11.5. The third-order valence-electron chi connectivity index (χ3n) is 2.11. The molecule has 0 aliphatic heterocycles. The summed E-state index contributed by atoms with van der Waals surface area (Å²) >= 11 is 0. The molecule has 0 spiro atoms. The minimum atomic E-state index is -1.00. The molecule has 1 rings (SSSR count). The Morgan fingerprint density at radius 1 is 1.22 bits per heavy atom. The first-order chi connectivity index (χ1) is 8.45. The number of benzene rings is 1. The predicted octanol–water partition coefficient (Wildman–Crippen LogP) is 1.49. The number of phenols is 3. The quantitative estimate of drug-likeness (QED) is 0.426. The largest absolute Gasteiger partial charge is 0.504 e. The Bertz CT molecular complexity index is 443. The first-order valence-electron chi connectivity index (χ1n) is 5.27. The molecule has 0 atom stereocenters. The first kappa shape index (κ1) is 13.8. The maximum absolute atomic E-state index is 11.5. The van der Waals surface area contributed by atoms with Gasteiger partial charge in [0.1, 0.15) is 0 Å². The molecule has 1 radical (unpaired) electrons. The Kier molecular flexibility index (Phi) is 4.53. The van der Waals surface area contributed by atoms with Crippen molar-refractivity contribution in [3.63, 3.8) is 0 Å². The van der Waals surface area contributed by atoms with Crippen LogP contribution in [0.4, 0.5) is 0 Å². The summed E-state index contributed by atoms with van der Waals surface area (Å²) in [5.74, 6) is -3.81. The summed E-state index contributed by atoms with van der Waals surface area (Å²) in [6.45, 7) is 1.84. The van der Waals surface area contributed by atoms with Crippen molar-refractivity contribution in [3.8, 4) is 17.2 Å². The molecule has 0 saturated heterocycles. The van der Waals surface area contributed by atoms with Gasteiger partial charge in [-0.1, -0.05) is 13.3 Å². The van der Waals surface area contributed by atoms with Crippen LogP contribution in [0.2, 0.25) is 0 Å². The van der Waals surface area contributed by atoms with Crippen LogP contribution in [0.5, 0.6) is 17.2 Å². The molecule has 0 amide bonds. The van der Waals surface area contributed by atoms with Gasteiger partial charge in [0.15, 0.2) is 17.2 Å². The first-order valence-corrected chi connectivity index (χ1v) is 5.27. The Morgan fingerprint density at radius 3 is 2.28 bits per heavy atom. The number of unbranched alkanes of at least 4 members (excludes halogenated alkanes) is 1. The highest BCUT2D eigenvalue weighted by Gasteiger charge is 2.17. The van der Waals surface area contributed by atoms with Crippen LogP contribution in [0.1, 0.15) is 30.1 Å². The van der Waals surface area contributed by atoms with Crippen molar-refractivity contribution < 1.29 is 29.6 Å². The van der Waals surface area contributed by atoms with E-state index in [0.717, 1.165) is 12.1 Å². The minimum absolute atomic E-state index is 0.00170. The third kappa shape index (κ3) is 3.38. The van der Waals surface area contributed by atoms with Crippen molar-refractivity contribution in [1.82, 2.24) is 0 Å². The average Bonchev–Trinajstić information content (AvgIpc) is 2.32. The molecule has 0 aromatic heterocycles. The summed E-state index contributed by atoms with van der Waals surface area (Å²) in [6.07, 6.45) is 2.31. The number of carbonyl (C=O) groups excluding carboxylic acids is 2. The monoisotopic (exact) mass is 253 g/mol. The Balaban J connectivity index is 2.76. The number of ether oxygens (including phenoxy) is 1. The smallest absolute Gasteiger partial charge is 0.346 e. The van der Waals surface area contributed by atoms with Crippen LogP contribution >= 0.6 is 0 Å². The van der Waals surface area contributed by atoms with E-state index < -0.39 is 29.2 Å². The lowest BCUT2D eigenvalue weighted by Gasteiger charge is -2.05. The van der Waals surface area contributed by atoms with Crippen molar-refractivity contribution in [2.75, 3.05) is 0 Å². The molecule has 0 aliphatic carbocycles. The predicted molar refractivity (Wildman–Crippen MR) is 61.1 cm³/mol. The topological polar surface area (TPSA) is 104 Å². The molecule has 97 valence electrons. The number of hydrogen-bond donors (Lipinski definition) is 3. The molecular weight excluding hydrogens is 240 g/mol. The highest BCUT2D eigenvalue weighted by molar-refractivity contribution is 5.97. The molecular formula is C12H13O6. The number of carbonyl (C=O) groups is 2. The summed E-state index contributed by atoms with van der Waals surface area (Å²) < 4.78 is 4.48. The summed E-state index contributed by atoms with van der Waals surface area (Å²) in [5.41, 5.74) is -0.229. The van der Waals surface area contributed by atoms with Crippen LogP contribution in [0, 0.1) is 6.42 Å². The van der Waals surface area contributed by atoms with Crippen LogP contribution in [0.15, 0.2) is 12.1 Å². The fourth-order valence-corrected chi connectivity index (χ4v) is 1.19. The Hall–Kier alpha value is -2.24. The molecule has 0 saturated carbocycles. The molecule has 6 heteroatoms. The molecule has 1 aromatic rings. The number of esters is 2. The van der Waals surface area contributed by atoms with Crippen LogP contribution < -0.4 is 0 Å². The second-order valence-electron chi connectivity index (χ2n) is 3.53. The van der Waals surface area contributed by atoms with E-state index in [1.54, 1.807) is 6.42 Å². The van der Waals surface area contributed by atoms with Gasteiger partial charge in [0.05, 0.1) is 5.56 Å². The van der Waals surface area contributed by atoms with E-state index in [1.165, 1.54) is 0 Å². The second-order valence-corrected chi connectivity index (χ2v) is 3.53. The van der Waals surface area contributed by atoms with E-state index in [1.807, 2.05) is 6.92 Å². The zero-order chi connectivity index (χ0) is 13.7. The van der Waals surface area contributed by atoms with Gasteiger partial charge in [-0.3, -0.25) is 4.79 Å². The van der Waals surface area contributed by atoms with Gasteiger partial charge in [-0.15, -0.1) is 0 Å². The normalized spacial score (nSPS) is 10.1. The standard InChI is InChI=1S/C12H13O6/c1-2-3-4-10(15)18-12(17)7-5-8(13)11(16)9(14)6-7/h3,5-6,13-14,16H,2,4H2,1H3. The fraction of sp³-hybridized carbons (Fsp3) is 0.250. The lowest BCUT2D eigenvalue weighted by atomic mass is 10.2. The van der Waals surface area contributed by atoms with Gasteiger partial charge in [0, 0.05) is 6.42 Å². The van der Waals surface area contributed by atoms with E-state index in [2.05, 4.69) is 4.74 Å². The Labute approximate surface area is 103 Å². The van der Waals surface area contributed by atoms with Gasteiger partial charge in [0.2, 0.25) is 0 Å². The highest BCUT2D eigenvalue weighted by Crippen LogP contribution is 2.35. The summed E-state index contributed by atoms with van der Waals surface area (Å²) in [4.78, 5) is 22.6. The summed E-state index contributed by atoms with van der Waals surface area (Å²) in [5, 5.41) is 27.5. The zero-order valence-electron chi connectivity index (χ0n) is 9.71. The van der Waals surface area contributed by atoms with Gasteiger partial charge < -0.3 is 20.1 Å². The van der Waals surface area contributed by atoms with E-state index >= 15 is 0 Å². The van der Waals surface area contributed by atoms with Crippen molar-refractivity contribution in [1.29, 1.82) is 0 Å². The maximum Gasteiger partial charge on any atom is 0.346 e. The summed E-state index contributed by atoms with van der Waals surface area (Å²) in [6, 6.07) is 1.79. The summed E-state index contributed by atoms with van der Waals surface area (Å²) in [7, 11) is 0. The van der Waals surface area contributed by atoms with Gasteiger partial charge in [-0.05, 0) is 18.6 Å². The molecule has 18 heavy (non-hydrogen) atoms. The van der Waals surface area contributed by atoms with Crippen LogP contribution in [0.3, 0.4) is 0 Å². The van der Waals surface area contributed by atoms with E-state index in [0.29, 0.717) is 6.42 Å². The van der Waals surface area contributed by atoms with E-state index in [-0.39, 0.29) is 12.0 Å². The van der Waals surface area contributed by atoms with Gasteiger partial charge >= 0.3 is 11.9 Å². The fourth-order valence-electron chi connectivity index (χ4n) is 1.19. The SMILES string of the molecule is CC[CH]CC(=O)OC(=O)c1cc(O)c(O)c(O)c1. The number of phenolic OH excluding ortho intramolecular Hbond substituents is 3. The van der Waals surface area contributed by atoms with Crippen LogP contribution in [-0.2, 0) is 9.53 Å². The molecule has 0 heterocycles. The molecule has 0 unspecified atom stereocenters. The zero-order valence-corrected chi connectivity index (χ0v) is 9.71. The average molecular weight is 253 g/mol. The molecule has 0 aliphatic rings. The molecule has 1 aromatic carbocycles. The van der Waals surface area contributed by atoms with Gasteiger partial charge in [-0.25, -0.2) is 4.79 Å². The number of aromatic hydroxyl groups is 3.